The molecule has 76 valence electrons. The number of allylic oxidation sites excluding steroid dienone is 1. The van der Waals surface area contributed by atoms with Crippen molar-refractivity contribution in [3.8, 4) is 0 Å². The first-order valence-corrected chi connectivity index (χ1v) is 5.99. The SMILES string of the molecule is C=C/C(=c1/ccs/c1=C/CC)C(C)C. The van der Waals surface area contributed by atoms with Crippen LogP contribution >= 0.6 is 11.3 Å². The topological polar surface area (TPSA) is 0 Å². The second kappa shape index (κ2) is 5.16. The molecule has 0 amide bonds. The van der Waals surface area contributed by atoms with Gasteiger partial charge in [-0.15, -0.1) is 11.3 Å². The first kappa shape index (κ1) is 11.3. The molecule has 0 aromatic carbocycles. The van der Waals surface area contributed by atoms with E-state index in [1.807, 2.05) is 17.4 Å². The number of hydrogen-bond acceptors (Lipinski definition) is 1. The van der Waals surface area contributed by atoms with Crippen LogP contribution in [0.5, 0.6) is 0 Å². The summed E-state index contributed by atoms with van der Waals surface area (Å²) in [4.78, 5) is 0. The van der Waals surface area contributed by atoms with Crippen LogP contribution in [-0.4, -0.2) is 0 Å². The summed E-state index contributed by atoms with van der Waals surface area (Å²) in [5, 5.41) is 3.52. The summed E-state index contributed by atoms with van der Waals surface area (Å²) in [6.07, 6.45) is 5.36. The number of thiophene rings is 1. The van der Waals surface area contributed by atoms with Gasteiger partial charge in [-0.25, -0.2) is 0 Å². The van der Waals surface area contributed by atoms with Crippen molar-refractivity contribution in [1.82, 2.24) is 0 Å². The Bertz CT molecular complexity index is 407. The molecular formula is C13H18S. The zero-order valence-electron chi connectivity index (χ0n) is 9.21. The van der Waals surface area contributed by atoms with E-state index in [2.05, 4.69) is 44.9 Å². The van der Waals surface area contributed by atoms with Crippen molar-refractivity contribution in [1.29, 1.82) is 0 Å². The molecule has 0 N–H and O–H groups in total. The van der Waals surface area contributed by atoms with Crippen molar-refractivity contribution >= 4 is 23.0 Å². The number of rotatable bonds is 3. The Kier molecular flexibility index (Phi) is 4.15. The minimum Gasteiger partial charge on any atom is -0.144 e. The van der Waals surface area contributed by atoms with E-state index in [1.54, 1.807) is 0 Å². The van der Waals surface area contributed by atoms with E-state index in [0.717, 1.165) is 6.42 Å². The highest BCUT2D eigenvalue weighted by atomic mass is 32.1. The molecule has 0 aliphatic carbocycles. The van der Waals surface area contributed by atoms with E-state index in [0.29, 0.717) is 5.92 Å². The van der Waals surface area contributed by atoms with Gasteiger partial charge in [0.2, 0.25) is 0 Å². The van der Waals surface area contributed by atoms with Crippen LogP contribution in [0.1, 0.15) is 27.2 Å². The molecule has 0 fully saturated rings. The van der Waals surface area contributed by atoms with Gasteiger partial charge in [0, 0.05) is 4.53 Å². The van der Waals surface area contributed by atoms with Gasteiger partial charge in [0.1, 0.15) is 0 Å². The largest absolute Gasteiger partial charge is 0.144 e. The lowest BCUT2D eigenvalue weighted by Gasteiger charge is -2.04. The van der Waals surface area contributed by atoms with E-state index < -0.39 is 0 Å². The van der Waals surface area contributed by atoms with Gasteiger partial charge in [-0.05, 0) is 34.6 Å². The first-order valence-electron chi connectivity index (χ1n) is 5.11. The molecule has 1 heterocycles. The third-order valence-corrected chi connectivity index (χ3v) is 3.15. The highest BCUT2D eigenvalue weighted by Gasteiger charge is 2.00. The number of hydrogen-bond donors (Lipinski definition) is 0. The molecule has 0 unspecified atom stereocenters. The molecule has 1 heteroatoms. The molecule has 0 aliphatic rings. The van der Waals surface area contributed by atoms with Gasteiger partial charge in [-0.2, -0.15) is 0 Å². The third-order valence-electron chi connectivity index (χ3n) is 2.24. The minimum absolute atomic E-state index is 0.547. The fourth-order valence-electron chi connectivity index (χ4n) is 1.56. The van der Waals surface area contributed by atoms with Crippen LogP contribution in [0.3, 0.4) is 0 Å². The molecule has 0 saturated heterocycles. The summed E-state index contributed by atoms with van der Waals surface area (Å²) in [7, 11) is 0. The fraction of sp³-hybridized carbons (Fsp3) is 0.385. The van der Waals surface area contributed by atoms with Crippen molar-refractivity contribution in [2.75, 3.05) is 0 Å². The lowest BCUT2D eigenvalue weighted by Crippen LogP contribution is -2.22. The van der Waals surface area contributed by atoms with Crippen molar-refractivity contribution < 1.29 is 0 Å². The van der Waals surface area contributed by atoms with Crippen LogP contribution in [0.25, 0.3) is 11.6 Å². The Hall–Kier alpha value is -0.820. The third kappa shape index (κ3) is 2.36. The summed E-state index contributed by atoms with van der Waals surface area (Å²) in [6.45, 7) is 10.5. The maximum absolute atomic E-state index is 3.89. The van der Waals surface area contributed by atoms with Crippen molar-refractivity contribution in [2.45, 2.75) is 27.2 Å². The first-order chi connectivity index (χ1) is 6.70. The molecule has 1 aromatic heterocycles. The Labute approximate surface area is 90.3 Å². The fourth-order valence-corrected chi connectivity index (χ4v) is 2.49. The van der Waals surface area contributed by atoms with Gasteiger partial charge < -0.3 is 0 Å². The predicted octanol–water partition coefficient (Wildman–Crippen LogP) is 2.93. The van der Waals surface area contributed by atoms with Crippen molar-refractivity contribution in [3.05, 3.63) is 33.9 Å². The summed E-state index contributed by atoms with van der Waals surface area (Å²) < 4.78 is 1.39. The molecule has 14 heavy (non-hydrogen) atoms. The van der Waals surface area contributed by atoms with E-state index in [9.17, 15) is 0 Å². The zero-order chi connectivity index (χ0) is 10.6. The summed E-state index contributed by atoms with van der Waals surface area (Å²) >= 11 is 1.81. The average Bonchev–Trinajstić information content (AvgIpc) is 2.55. The second-order valence-electron chi connectivity index (χ2n) is 3.63. The Morgan fingerprint density at radius 2 is 2.29 bits per heavy atom. The molecule has 0 saturated carbocycles. The summed E-state index contributed by atoms with van der Waals surface area (Å²) in [5.74, 6) is 0.547. The standard InChI is InChI=1S/C13H18S/c1-5-7-13-12(8-9-14-13)11(6-2)10(3)4/h6-10H,2,5H2,1,3-4H3/b12-11+,13-7+. The van der Waals surface area contributed by atoms with Crippen LogP contribution in [0.4, 0.5) is 0 Å². The normalized spacial score (nSPS) is 14.7. The molecule has 0 spiro atoms. The van der Waals surface area contributed by atoms with Crippen LogP contribution in [0.2, 0.25) is 0 Å². The van der Waals surface area contributed by atoms with E-state index in [4.69, 9.17) is 0 Å². The molecule has 0 atom stereocenters. The maximum atomic E-state index is 3.89. The van der Waals surface area contributed by atoms with E-state index in [-0.39, 0.29) is 0 Å². The molecule has 0 aliphatic heterocycles. The lowest BCUT2D eigenvalue weighted by molar-refractivity contribution is 0.856. The molecule has 0 bridgehead atoms. The van der Waals surface area contributed by atoms with Crippen molar-refractivity contribution in [3.63, 3.8) is 0 Å². The highest BCUT2D eigenvalue weighted by Crippen LogP contribution is 2.09. The van der Waals surface area contributed by atoms with Gasteiger partial charge in [0.25, 0.3) is 0 Å². The maximum Gasteiger partial charge on any atom is 0.0305 e. The summed E-state index contributed by atoms with van der Waals surface area (Å²) in [6, 6.07) is 2.20. The zero-order valence-corrected chi connectivity index (χ0v) is 10.0. The predicted molar refractivity (Wildman–Crippen MR) is 66.8 cm³/mol. The van der Waals surface area contributed by atoms with Gasteiger partial charge in [-0.3, -0.25) is 0 Å². The van der Waals surface area contributed by atoms with Gasteiger partial charge in [0.15, 0.2) is 0 Å². The quantitative estimate of drug-likeness (QED) is 0.713. The Balaban J connectivity index is 3.48. The van der Waals surface area contributed by atoms with Crippen LogP contribution < -0.4 is 9.75 Å². The van der Waals surface area contributed by atoms with Crippen LogP contribution in [0, 0.1) is 5.92 Å². The Morgan fingerprint density at radius 3 is 2.79 bits per heavy atom. The van der Waals surface area contributed by atoms with E-state index in [1.165, 1.54) is 15.3 Å². The molecule has 1 aromatic rings. The Morgan fingerprint density at radius 1 is 1.57 bits per heavy atom. The van der Waals surface area contributed by atoms with Crippen LogP contribution in [0.15, 0.2) is 24.1 Å². The molecular weight excluding hydrogens is 188 g/mol. The monoisotopic (exact) mass is 206 g/mol. The average molecular weight is 206 g/mol. The second-order valence-corrected chi connectivity index (χ2v) is 4.57. The van der Waals surface area contributed by atoms with Gasteiger partial charge >= 0.3 is 0 Å². The minimum atomic E-state index is 0.547. The molecule has 0 nitrogen and oxygen atoms in total. The van der Waals surface area contributed by atoms with Gasteiger partial charge in [-0.1, -0.05) is 39.5 Å². The highest BCUT2D eigenvalue weighted by molar-refractivity contribution is 7.07. The summed E-state index contributed by atoms with van der Waals surface area (Å²) in [5.41, 5.74) is 1.35. The van der Waals surface area contributed by atoms with Gasteiger partial charge in [0.05, 0.1) is 0 Å². The van der Waals surface area contributed by atoms with Crippen molar-refractivity contribution in [2.24, 2.45) is 5.92 Å². The molecule has 0 radical (unpaired) electrons. The van der Waals surface area contributed by atoms with Crippen LogP contribution in [-0.2, 0) is 0 Å². The molecule has 1 rings (SSSR count). The lowest BCUT2D eigenvalue weighted by atomic mass is 10.0. The van der Waals surface area contributed by atoms with E-state index >= 15 is 0 Å². The smallest absolute Gasteiger partial charge is 0.0305 e.